The number of para-hydroxylation sites is 1. The van der Waals surface area contributed by atoms with E-state index in [1.165, 1.54) is 0 Å². The van der Waals surface area contributed by atoms with Gasteiger partial charge in [0.25, 0.3) is 0 Å². The number of anilines is 1. The van der Waals surface area contributed by atoms with Crippen LogP contribution < -0.4 is 15.1 Å². The van der Waals surface area contributed by atoms with Gasteiger partial charge in [-0.2, -0.15) is 0 Å². The van der Waals surface area contributed by atoms with Gasteiger partial charge < -0.3 is 14.5 Å². The van der Waals surface area contributed by atoms with Crippen molar-refractivity contribution < 1.29 is 19.5 Å². The van der Waals surface area contributed by atoms with E-state index in [0.717, 1.165) is 35.3 Å². The molecule has 1 saturated carbocycles. The monoisotopic (exact) mass is 473 g/mol. The van der Waals surface area contributed by atoms with E-state index in [1.54, 1.807) is 5.48 Å². The number of rotatable bonds is 5. The van der Waals surface area contributed by atoms with Crippen molar-refractivity contribution >= 4 is 28.3 Å². The first-order valence-corrected chi connectivity index (χ1v) is 12.3. The van der Waals surface area contributed by atoms with Gasteiger partial charge in [0.15, 0.2) is 0 Å². The first-order valence-electron chi connectivity index (χ1n) is 12.3. The zero-order valence-electron chi connectivity index (χ0n) is 19.7. The molecule has 7 nitrogen and oxygen atoms in total. The van der Waals surface area contributed by atoms with E-state index < -0.39 is 17.7 Å². The highest BCUT2D eigenvalue weighted by atomic mass is 16.5. The summed E-state index contributed by atoms with van der Waals surface area (Å²) in [6.45, 7) is 2.75. The summed E-state index contributed by atoms with van der Waals surface area (Å²) in [4.78, 5) is 30.2. The van der Waals surface area contributed by atoms with Crippen molar-refractivity contribution in [1.29, 1.82) is 0 Å². The smallest absolute Gasteiger partial charge is 0.247 e. The molecule has 182 valence electrons. The zero-order valence-corrected chi connectivity index (χ0v) is 19.7. The number of nitrogens with zero attached hydrogens (tertiary/aromatic N) is 2. The molecule has 1 aliphatic heterocycles. The van der Waals surface area contributed by atoms with Crippen LogP contribution in [0.5, 0.6) is 5.75 Å². The Bertz CT molecular complexity index is 1180. The third-order valence-electron chi connectivity index (χ3n) is 7.30. The van der Waals surface area contributed by atoms with Gasteiger partial charge in [-0.25, -0.2) is 5.48 Å². The van der Waals surface area contributed by atoms with Crippen LogP contribution in [0, 0.1) is 11.8 Å². The number of benzene rings is 3. The van der Waals surface area contributed by atoms with Gasteiger partial charge in [-0.15, -0.1) is 0 Å². The van der Waals surface area contributed by atoms with E-state index in [0.29, 0.717) is 32.4 Å². The number of hydroxylamine groups is 1. The summed E-state index contributed by atoms with van der Waals surface area (Å²) in [6, 6.07) is 24.2. The lowest BCUT2D eigenvalue weighted by Gasteiger charge is -2.40. The Labute approximate surface area is 205 Å². The number of fused-ring (bicyclic) bond motifs is 1. The SMILES string of the molecule is O=C(NO)C1CC(Oc2ccc3ccccc3c2)CCC1C(=O)N1CCN(c2ccccc2)CC1. The fraction of sp³-hybridized carbons (Fsp3) is 0.357. The predicted molar refractivity (Wildman–Crippen MR) is 134 cm³/mol. The second-order valence-electron chi connectivity index (χ2n) is 9.40. The van der Waals surface area contributed by atoms with Crippen LogP contribution in [0.1, 0.15) is 19.3 Å². The van der Waals surface area contributed by atoms with Crippen molar-refractivity contribution in [2.24, 2.45) is 11.8 Å². The summed E-state index contributed by atoms with van der Waals surface area (Å²) in [5, 5.41) is 11.6. The van der Waals surface area contributed by atoms with Crippen LogP contribution in [0.15, 0.2) is 72.8 Å². The largest absolute Gasteiger partial charge is 0.490 e. The lowest BCUT2D eigenvalue weighted by atomic mass is 9.76. The maximum absolute atomic E-state index is 13.4. The molecule has 3 aromatic carbocycles. The van der Waals surface area contributed by atoms with Crippen LogP contribution in [-0.4, -0.2) is 54.2 Å². The number of ether oxygens (including phenoxy) is 1. The molecule has 0 aromatic heterocycles. The second-order valence-corrected chi connectivity index (χ2v) is 9.40. The first kappa shape index (κ1) is 23.2. The fourth-order valence-electron chi connectivity index (χ4n) is 5.40. The number of piperazine rings is 1. The summed E-state index contributed by atoms with van der Waals surface area (Å²) in [6.07, 6.45) is 1.42. The van der Waals surface area contributed by atoms with Gasteiger partial charge in [0.1, 0.15) is 5.75 Å². The summed E-state index contributed by atoms with van der Waals surface area (Å²) in [5.74, 6) is -0.854. The Morgan fingerprint density at radius 2 is 1.54 bits per heavy atom. The number of hydrogen-bond acceptors (Lipinski definition) is 5. The van der Waals surface area contributed by atoms with Crippen LogP contribution >= 0.6 is 0 Å². The number of amides is 2. The van der Waals surface area contributed by atoms with Crippen LogP contribution in [0.3, 0.4) is 0 Å². The van der Waals surface area contributed by atoms with Gasteiger partial charge in [0.05, 0.1) is 17.9 Å². The quantitative estimate of drug-likeness (QED) is 0.435. The predicted octanol–water partition coefficient (Wildman–Crippen LogP) is 3.86. The van der Waals surface area contributed by atoms with Crippen LogP contribution in [0.2, 0.25) is 0 Å². The fourth-order valence-corrected chi connectivity index (χ4v) is 5.40. The number of nitrogens with one attached hydrogen (secondary N) is 1. The van der Waals surface area contributed by atoms with Gasteiger partial charge in [-0.1, -0.05) is 48.5 Å². The standard InChI is InChI=1S/C28H31N3O4/c32-27(29-34)26-19-24(35-23-11-10-20-6-4-5-7-21(20)18-23)12-13-25(26)28(33)31-16-14-30(15-17-31)22-8-2-1-3-9-22/h1-11,18,24-26,34H,12-17,19H2,(H,29,32). The maximum Gasteiger partial charge on any atom is 0.247 e. The molecule has 35 heavy (non-hydrogen) atoms. The van der Waals surface area contributed by atoms with Crippen LogP contribution in [0.25, 0.3) is 10.8 Å². The topological polar surface area (TPSA) is 82.1 Å². The normalized spacial score (nSPS) is 22.6. The van der Waals surface area contributed by atoms with Gasteiger partial charge in [0.2, 0.25) is 11.8 Å². The van der Waals surface area contributed by atoms with Crippen molar-refractivity contribution in [3.05, 3.63) is 72.8 Å². The Morgan fingerprint density at radius 3 is 2.29 bits per heavy atom. The number of carbonyl (C=O) groups excluding carboxylic acids is 2. The molecule has 2 aliphatic rings. The molecule has 3 aromatic rings. The van der Waals surface area contributed by atoms with E-state index >= 15 is 0 Å². The Balaban J connectivity index is 1.23. The minimum absolute atomic E-state index is 0.00420. The summed E-state index contributed by atoms with van der Waals surface area (Å²) >= 11 is 0. The van der Waals surface area contributed by atoms with E-state index in [9.17, 15) is 14.8 Å². The van der Waals surface area contributed by atoms with E-state index in [1.807, 2.05) is 59.5 Å². The van der Waals surface area contributed by atoms with E-state index in [4.69, 9.17) is 4.74 Å². The minimum atomic E-state index is -0.626. The second kappa shape index (κ2) is 10.4. The summed E-state index contributed by atoms with van der Waals surface area (Å²) < 4.78 is 6.23. The summed E-state index contributed by atoms with van der Waals surface area (Å²) in [5.41, 5.74) is 2.94. The molecule has 5 rings (SSSR count). The van der Waals surface area contributed by atoms with E-state index in [2.05, 4.69) is 23.1 Å². The van der Waals surface area contributed by atoms with Gasteiger partial charge >= 0.3 is 0 Å². The Kier molecular flexibility index (Phi) is 6.86. The minimum Gasteiger partial charge on any atom is -0.490 e. The van der Waals surface area contributed by atoms with E-state index in [-0.39, 0.29) is 12.0 Å². The molecule has 1 aliphatic carbocycles. The highest BCUT2D eigenvalue weighted by molar-refractivity contribution is 5.88. The molecule has 2 N–H and O–H groups in total. The van der Waals surface area contributed by atoms with Crippen LogP contribution in [0.4, 0.5) is 5.69 Å². The maximum atomic E-state index is 13.4. The van der Waals surface area contributed by atoms with Crippen molar-refractivity contribution in [3.8, 4) is 5.75 Å². The highest BCUT2D eigenvalue weighted by Gasteiger charge is 2.42. The third kappa shape index (κ3) is 5.10. The average Bonchev–Trinajstić information content (AvgIpc) is 2.92. The van der Waals surface area contributed by atoms with Crippen molar-refractivity contribution in [1.82, 2.24) is 10.4 Å². The van der Waals surface area contributed by atoms with Crippen molar-refractivity contribution in [2.45, 2.75) is 25.4 Å². The Morgan fingerprint density at radius 1 is 0.829 bits per heavy atom. The highest BCUT2D eigenvalue weighted by Crippen LogP contribution is 2.35. The molecule has 0 bridgehead atoms. The lowest BCUT2D eigenvalue weighted by molar-refractivity contribution is -0.148. The molecule has 1 heterocycles. The molecule has 2 amide bonds. The zero-order chi connectivity index (χ0) is 24.2. The molecular formula is C28H31N3O4. The average molecular weight is 474 g/mol. The first-order chi connectivity index (χ1) is 17.1. The number of carbonyl (C=O) groups is 2. The molecule has 3 unspecified atom stereocenters. The van der Waals surface area contributed by atoms with Crippen molar-refractivity contribution in [2.75, 3.05) is 31.1 Å². The lowest BCUT2D eigenvalue weighted by Crippen LogP contribution is -2.53. The Hall–Kier alpha value is -3.58. The van der Waals surface area contributed by atoms with Crippen LogP contribution in [-0.2, 0) is 9.59 Å². The molecule has 1 saturated heterocycles. The van der Waals surface area contributed by atoms with Gasteiger partial charge in [-0.3, -0.25) is 14.8 Å². The summed E-state index contributed by atoms with van der Waals surface area (Å²) in [7, 11) is 0. The molecular weight excluding hydrogens is 442 g/mol. The van der Waals surface area contributed by atoms with Crippen molar-refractivity contribution in [3.63, 3.8) is 0 Å². The third-order valence-corrected chi connectivity index (χ3v) is 7.30. The molecule has 0 radical (unpaired) electrons. The van der Waals surface area contributed by atoms with Gasteiger partial charge in [-0.05, 0) is 54.3 Å². The molecule has 3 atom stereocenters. The van der Waals surface area contributed by atoms with Gasteiger partial charge in [0, 0.05) is 31.9 Å². The molecule has 7 heteroatoms. The molecule has 2 fully saturated rings. The molecule has 0 spiro atoms. The number of hydrogen-bond donors (Lipinski definition) is 2.